The van der Waals surface area contributed by atoms with Crippen LogP contribution in [0.15, 0.2) is 0 Å². The van der Waals surface area contributed by atoms with Crippen molar-refractivity contribution in [1.29, 1.82) is 5.41 Å². The van der Waals surface area contributed by atoms with Gasteiger partial charge in [-0.05, 0) is 20.8 Å². The molecular weight excluding hydrogens is 142 g/mol. The van der Waals surface area contributed by atoms with Gasteiger partial charge in [-0.15, -0.1) is 0 Å². The van der Waals surface area contributed by atoms with E-state index in [1.165, 1.54) is 0 Å². The molecule has 4 heteroatoms. The standard InChI is InChI=1S/C7H15N3O/c1-7(2,3)10-6(11)4-5(8)9/h4H2,1-3H3,(H3,8,9)(H,10,11). The number of hydrogen-bond donors (Lipinski definition) is 3. The van der Waals surface area contributed by atoms with Crippen LogP contribution in [-0.2, 0) is 4.79 Å². The Morgan fingerprint density at radius 2 is 2.00 bits per heavy atom. The Morgan fingerprint density at radius 3 is 2.27 bits per heavy atom. The Morgan fingerprint density at radius 1 is 1.55 bits per heavy atom. The fourth-order valence-electron chi connectivity index (χ4n) is 0.635. The Hall–Kier alpha value is -1.06. The summed E-state index contributed by atoms with van der Waals surface area (Å²) in [5.41, 5.74) is 4.79. The summed E-state index contributed by atoms with van der Waals surface area (Å²) in [7, 11) is 0. The monoisotopic (exact) mass is 157 g/mol. The lowest BCUT2D eigenvalue weighted by Gasteiger charge is -2.19. The molecule has 0 saturated heterocycles. The van der Waals surface area contributed by atoms with Gasteiger partial charge in [-0.2, -0.15) is 0 Å². The number of hydrogen-bond acceptors (Lipinski definition) is 2. The minimum atomic E-state index is -0.244. The quantitative estimate of drug-likeness (QED) is 0.396. The summed E-state index contributed by atoms with van der Waals surface area (Å²) in [6, 6.07) is 0. The first-order valence-corrected chi connectivity index (χ1v) is 3.45. The first-order chi connectivity index (χ1) is 4.81. The van der Waals surface area contributed by atoms with Crippen molar-refractivity contribution in [1.82, 2.24) is 5.32 Å². The SMILES string of the molecule is CC(C)(C)NC(=O)CC(=N)N. The molecule has 0 rings (SSSR count). The van der Waals surface area contributed by atoms with Gasteiger partial charge >= 0.3 is 0 Å². The maximum atomic E-state index is 10.9. The molecule has 0 fully saturated rings. The van der Waals surface area contributed by atoms with Crippen molar-refractivity contribution in [3.05, 3.63) is 0 Å². The maximum absolute atomic E-state index is 10.9. The number of amidine groups is 1. The highest BCUT2D eigenvalue weighted by Gasteiger charge is 2.13. The first-order valence-electron chi connectivity index (χ1n) is 3.45. The van der Waals surface area contributed by atoms with Crippen LogP contribution >= 0.6 is 0 Å². The van der Waals surface area contributed by atoms with Gasteiger partial charge in [-0.25, -0.2) is 0 Å². The van der Waals surface area contributed by atoms with E-state index in [2.05, 4.69) is 5.32 Å². The molecule has 0 aromatic rings. The summed E-state index contributed by atoms with van der Waals surface area (Å²) >= 11 is 0. The predicted octanol–water partition coefficient (Wildman–Crippen LogP) is 0.227. The average molecular weight is 157 g/mol. The molecule has 0 unspecified atom stereocenters. The molecular formula is C7H15N3O. The first kappa shape index (κ1) is 9.94. The fourth-order valence-corrected chi connectivity index (χ4v) is 0.635. The summed E-state index contributed by atoms with van der Waals surface area (Å²) in [6.07, 6.45) is -0.0166. The van der Waals surface area contributed by atoms with Crippen LogP contribution in [-0.4, -0.2) is 17.3 Å². The third-order valence-corrected chi connectivity index (χ3v) is 0.865. The van der Waals surface area contributed by atoms with E-state index < -0.39 is 0 Å². The second-order valence-corrected chi connectivity index (χ2v) is 3.50. The van der Waals surface area contributed by atoms with Gasteiger partial charge in [0, 0.05) is 5.54 Å². The molecule has 0 aliphatic heterocycles. The molecule has 64 valence electrons. The second kappa shape index (κ2) is 3.37. The van der Waals surface area contributed by atoms with Gasteiger partial charge in [-0.1, -0.05) is 0 Å². The summed E-state index contributed by atoms with van der Waals surface area (Å²) in [6.45, 7) is 5.64. The van der Waals surface area contributed by atoms with Crippen LogP contribution in [0.5, 0.6) is 0 Å². The zero-order chi connectivity index (χ0) is 9.07. The largest absolute Gasteiger partial charge is 0.387 e. The van der Waals surface area contributed by atoms with Gasteiger partial charge in [0.15, 0.2) is 0 Å². The summed E-state index contributed by atoms with van der Waals surface area (Å²) in [5, 5.41) is 9.54. The van der Waals surface area contributed by atoms with Gasteiger partial charge in [-0.3, -0.25) is 10.2 Å². The van der Waals surface area contributed by atoms with Gasteiger partial charge in [0.25, 0.3) is 0 Å². The van der Waals surface area contributed by atoms with E-state index in [0.717, 1.165) is 0 Å². The highest BCUT2D eigenvalue weighted by atomic mass is 16.1. The lowest BCUT2D eigenvalue weighted by Crippen LogP contribution is -2.41. The number of carbonyl (C=O) groups is 1. The number of nitrogens with two attached hydrogens (primary N) is 1. The van der Waals surface area contributed by atoms with Crippen molar-refractivity contribution in [3.8, 4) is 0 Å². The van der Waals surface area contributed by atoms with Crippen molar-refractivity contribution in [2.45, 2.75) is 32.7 Å². The third-order valence-electron chi connectivity index (χ3n) is 0.865. The van der Waals surface area contributed by atoms with Gasteiger partial charge in [0.2, 0.25) is 5.91 Å². The summed E-state index contributed by atoms with van der Waals surface area (Å²) < 4.78 is 0. The minimum absolute atomic E-state index is 0.0166. The van der Waals surface area contributed by atoms with E-state index in [0.29, 0.717) is 0 Å². The normalized spacial score (nSPS) is 10.8. The van der Waals surface area contributed by atoms with Crippen molar-refractivity contribution in [2.24, 2.45) is 5.73 Å². The minimum Gasteiger partial charge on any atom is -0.387 e. The van der Waals surface area contributed by atoms with Gasteiger partial charge in [0.05, 0.1) is 12.3 Å². The Balaban J connectivity index is 3.80. The zero-order valence-electron chi connectivity index (χ0n) is 7.19. The second-order valence-electron chi connectivity index (χ2n) is 3.50. The molecule has 0 aromatic heterocycles. The predicted molar refractivity (Wildman–Crippen MR) is 44.4 cm³/mol. The van der Waals surface area contributed by atoms with Crippen molar-refractivity contribution in [2.75, 3.05) is 0 Å². The molecule has 0 spiro atoms. The van der Waals surface area contributed by atoms with Crippen LogP contribution in [0, 0.1) is 5.41 Å². The molecule has 0 aliphatic carbocycles. The van der Waals surface area contributed by atoms with Crippen LogP contribution < -0.4 is 11.1 Å². The van der Waals surface area contributed by atoms with Gasteiger partial charge in [0.1, 0.15) is 0 Å². The fraction of sp³-hybridized carbons (Fsp3) is 0.714. The van der Waals surface area contributed by atoms with Crippen molar-refractivity contribution in [3.63, 3.8) is 0 Å². The smallest absolute Gasteiger partial charge is 0.227 e. The van der Waals surface area contributed by atoms with Crippen LogP contribution in [0.2, 0.25) is 0 Å². The molecule has 4 nitrogen and oxygen atoms in total. The molecule has 11 heavy (non-hydrogen) atoms. The average Bonchev–Trinajstić information content (AvgIpc) is 1.53. The molecule has 0 saturated carbocycles. The zero-order valence-corrected chi connectivity index (χ0v) is 7.19. The topological polar surface area (TPSA) is 79.0 Å². The highest BCUT2D eigenvalue weighted by Crippen LogP contribution is 1.98. The molecule has 0 radical (unpaired) electrons. The van der Waals surface area contributed by atoms with Gasteiger partial charge < -0.3 is 11.1 Å². The Bertz CT molecular complexity index is 169. The van der Waals surface area contributed by atoms with Crippen molar-refractivity contribution >= 4 is 11.7 Å². The molecule has 4 N–H and O–H groups in total. The van der Waals surface area contributed by atoms with Crippen LogP contribution in [0.1, 0.15) is 27.2 Å². The summed E-state index contributed by atoms with van der Waals surface area (Å²) in [5.74, 6) is -0.309. The van der Waals surface area contributed by atoms with E-state index in [4.69, 9.17) is 11.1 Å². The van der Waals surface area contributed by atoms with E-state index in [-0.39, 0.29) is 23.7 Å². The lowest BCUT2D eigenvalue weighted by molar-refractivity contribution is -0.121. The molecule has 0 bridgehead atoms. The third kappa shape index (κ3) is 6.83. The maximum Gasteiger partial charge on any atom is 0.227 e. The van der Waals surface area contributed by atoms with Crippen LogP contribution in [0.3, 0.4) is 0 Å². The number of nitrogens with one attached hydrogen (secondary N) is 2. The number of amides is 1. The Kier molecular flexibility index (Phi) is 3.04. The van der Waals surface area contributed by atoms with E-state index in [9.17, 15) is 4.79 Å². The van der Waals surface area contributed by atoms with E-state index in [1.807, 2.05) is 20.8 Å². The molecule has 0 aliphatic rings. The van der Waals surface area contributed by atoms with Crippen LogP contribution in [0.25, 0.3) is 0 Å². The molecule has 0 heterocycles. The van der Waals surface area contributed by atoms with E-state index >= 15 is 0 Å². The van der Waals surface area contributed by atoms with E-state index in [1.54, 1.807) is 0 Å². The highest BCUT2D eigenvalue weighted by molar-refractivity contribution is 5.97. The summed E-state index contributed by atoms with van der Waals surface area (Å²) in [4.78, 5) is 10.9. The van der Waals surface area contributed by atoms with Crippen LogP contribution in [0.4, 0.5) is 0 Å². The Labute approximate surface area is 66.7 Å². The molecule has 0 atom stereocenters. The van der Waals surface area contributed by atoms with Crippen molar-refractivity contribution < 1.29 is 4.79 Å². The molecule has 1 amide bonds. The number of carbonyl (C=O) groups excluding carboxylic acids is 1. The number of rotatable bonds is 2. The lowest BCUT2D eigenvalue weighted by atomic mass is 10.1. The molecule has 0 aromatic carbocycles.